The molecule has 1 aromatic carbocycles. The van der Waals surface area contributed by atoms with E-state index < -0.39 is 22.1 Å². The molecule has 1 atom stereocenters. The van der Waals surface area contributed by atoms with Crippen molar-refractivity contribution < 1.29 is 32.5 Å². The molecule has 9 heteroatoms. The maximum atomic E-state index is 12.6. The minimum absolute atomic E-state index is 0.0759. The van der Waals surface area contributed by atoms with E-state index in [1.807, 2.05) is 0 Å². The van der Waals surface area contributed by atoms with Gasteiger partial charge in [-0.25, -0.2) is 17.9 Å². The standard InChI is InChI=1S/C17H25NO7S/c1-23-15-4-3-13(17(20)24-2)11-16(15)26(21,22)18-8-5-14(19)12-6-9-25-10-7-12/h3-4,11-12,14,18-19H,5-10H2,1-2H3/t14-/m0/s1. The zero-order valence-corrected chi connectivity index (χ0v) is 15.8. The number of hydrogen-bond acceptors (Lipinski definition) is 7. The number of hydrogen-bond donors (Lipinski definition) is 2. The summed E-state index contributed by atoms with van der Waals surface area (Å²) >= 11 is 0. The fraction of sp³-hybridized carbons (Fsp3) is 0.588. The van der Waals surface area contributed by atoms with Crippen LogP contribution < -0.4 is 9.46 Å². The minimum atomic E-state index is -3.91. The largest absolute Gasteiger partial charge is 0.495 e. The molecule has 0 unspecified atom stereocenters. The van der Waals surface area contributed by atoms with E-state index in [1.165, 1.54) is 32.4 Å². The van der Waals surface area contributed by atoms with Crippen LogP contribution in [0.25, 0.3) is 0 Å². The lowest BCUT2D eigenvalue weighted by molar-refractivity contribution is 0.00567. The van der Waals surface area contributed by atoms with E-state index >= 15 is 0 Å². The van der Waals surface area contributed by atoms with Gasteiger partial charge in [-0.05, 0) is 43.4 Å². The van der Waals surface area contributed by atoms with Gasteiger partial charge in [-0.15, -0.1) is 0 Å². The van der Waals surface area contributed by atoms with E-state index in [0.717, 1.165) is 12.8 Å². The Morgan fingerprint density at radius 3 is 2.65 bits per heavy atom. The molecule has 0 aliphatic carbocycles. The number of nitrogens with one attached hydrogen (secondary N) is 1. The van der Waals surface area contributed by atoms with Gasteiger partial charge in [0.15, 0.2) is 0 Å². The van der Waals surface area contributed by atoms with Crippen molar-refractivity contribution in [2.75, 3.05) is 34.0 Å². The van der Waals surface area contributed by atoms with Crippen molar-refractivity contribution in [3.05, 3.63) is 23.8 Å². The first-order chi connectivity index (χ1) is 12.4. The van der Waals surface area contributed by atoms with E-state index in [4.69, 9.17) is 9.47 Å². The molecule has 1 aliphatic rings. The molecule has 8 nitrogen and oxygen atoms in total. The van der Waals surface area contributed by atoms with E-state index in [0.29, 0.717) is 19.6 Å². The summed E-state index contributed by atoms with van der Waals surface area (Å²) in [6.07, 6.45) is 1.24. The molecule has 0 amide bonds. The van der Waals surface area contributed by atoms with Crippen molar-refractivity contribution in [2.24, 2.45) is 5.92 Å². The lowest BCUT2D eigenvalue weighted by Crippen LogP contribution is -2.32. The number of carbonyl (C=O) groups is 1. The third-order valence-electron chi connectivity index (χ3n) is 4.42. The molecule has 146 valence electrons. The average molecular weight is 387 g/mol. The fourth-order valence-electron chi connectivity index (χ4n) is 2.89. The van der Waals surface area contributed by atoms with Gasteiger partial charge in [0.1, 0.15) is 10.6 Å². The van der Waals surface area contributed by atoms with Crippen LogP contribution in [0.2, 0.25) is 0 Å². The lowest BCUT2D eigenvalue weighted by atomic mass is 9.92. The van der Waals surface area contributed by atoms with Crippen molar-refractivity contribution in [1.29, 1.82) is 0 Å². The summed E-state index contributed by atoms with van der Waals surface area (Å²) in [6, 6.07) is 4.04. The van der Waals surface area contributed by atoms with Gasteiger partial charge < -0.3 is 19.3 Å². The van der Waals surface area contributed by atoms with Gasteiger partial charge in [-0.1, -0.05) is 0 Å². The third-order valence-corrected chi connectivity index (χ3v) is 5.90. The highest BCUT2D eigenvalue weighted by atomic mass is 32.2. The number of benzene rings is 1. The van der Waals surface area contributed by atoms with Crippen LogP contribution in [0.15, 0.2) is 23.1 Å². The van der Waals surface area contributed by atoms with E-state index in [9.17, 15) is 18.3 Å². The predicted octanol–water partition coefficient (Wildman–Crippen LogP) is 0.938. The number of rotatable bonds is 8. The Balaban J connectivity index is 2.05. The minimum Gasteiger partial charge on any atom is -0.495 e. The second kappa shape index (κ2) is 9.31. The van der Waals surface area contributed by atoms with Gasteiger partial charge in [0, 0.05) is 19.8 Å². The number of aliphatic hydroxyl groups is 1. The Hall–Kier alpha value is -1.68. The number of aliphatic hydroxyl groups excluding tert-OH is 1. The van der Waals surface area contributed by atoms with Crippen molar-refractivity contribution in [1.82, 2.24) is 4.72 Å². The Labute approximate surface area is 153 Å². The zero-order valence-electron chi connectivity index (χ0n) is 14.9. The summed E-state index contributed by atoms with van der Waals surface area (Å²) in [5.41, 5.74) is 0.107. The van der Waals surface area contributed by atoms with Crippen molar-refractivity contribution >= 4 is 16.0 Å². The lowest BCUT2D eigenvalue weighted by Gasteiger charge is -2.26. The number of methoxy groups -OCH3 is 2. The Kier molecular flexibility index (Phi) is 7.39. The Morgan fingerprint density at radius 1 is 1.35 bits per heavy atom. The van der Waals surface area contributed by atoms with E-state index in [2.05, 4.69) is 9.46 Å². The van der Waals surface area contributed by atoms with Crippen LogP contribution in [0.4, 0.5) is 0 Å². The molecule has 1 aliphatic heterocycles. The van der Waals surface area contributed by atoms with Gasteiger partial charge in [0.2, 0.25) is 10.0 Å². The first kappa shape index (κ1) is 20.6. The van der Waals surface area contributed by atoms with Crippen LogP contribution in [0, 0.1) is 5.92 Å². The van der Waals surface area contributed by atoms with Crippen molar-refractivity contribution in [2.45, 2.75) is 30.3 Å². The van der Waals surface area contributed by atoms with Crippen LogP contribution >= 0.6 is 0 Å². The van der Waals surface area contributed by atoms with Gasteiger partial charge >= 0.3 is 5.97 Å². The topological polar surface area (TPSA) is 111 Å². The smallest absolute Gasteiger partial charge is 0.337 e. The van der Waals surface area contributed by atoms with Gasteiger partial charge in [-0.3, -0.25) is 0 Å². The summed E-state index contributed by atoms with van der Waals surface area (Å²) < 4.78 is 42.6. The third kappa shape index (κ3) is 5.16. The number of esters is 1. The monoisotopic (exact) mass is 387 g/mol. The fourth-order valence-corrected chi connectivity index (χ4v) is 4.13. The first-order valence-corrected chi connectivity index (χ1v) is 9.89. The van der Waals surface area contributed by atoms with Crippen LogP contribution in [-0.2, 0) is 19.5 Å². The summed E-state index contributed by atoms with van der Waals surface area (Å²) in [7, 11) is -1.35. The second-order valence-electron chi connectivity index (χ2n) is 6.06. The Bertz CT molecular complexity index is 714. The molecule has 1 saturated heterocycles. The quantitative estimate of drug-likeness (QED) is 0.639. The molecule has 1 heterocycles. The van der Waals surface area contributed by atoms with Crippen molar-refractivity contribution in [3.63, 3.8) is 0 Å². The van der Waals surface area contributed by atoms with Gasteiger partial charge in [0.25, 0.3) is 0 Å². The zero-order chi connectivity index (χ0) is 19.2. The number of sulfonamides is 1. The first-order valence-electron chi connectivity index (χ1n) is 8.41. The predicted molar refractivity (Wildman–Crippen MR) is 93.7 cm³/mol. The van der Waals surface area contributed by atoms with Crippen LogP contribution in [0.1, 0.15) is 29.6 Å². The molecule has 0 aromatic heterocycles. The molecular weight excluding hydrogens is 362 g/mol. The highest BCUT2D eigenvalue weighted by Crippen LogP contribution is 2.25. The molecule has 0 spiro atoms. The van der Waals surface area contributed by atoms with Crippen LogP contribution in [0.3, 0.4) is 0 Å². The van der Waals surface area contributed by atoms with E-state index in [1.54, 1.807) is 0 Å². The maximum absolute atomic E-state index is 12.6. The summed E-state index contributed by atoms with van der Waals surface area (Å²) in [6.45, 7) is 1.31. The average Bonchev–Trinajstić information content (AvgIpc) is 2.67. The van der Waals surface area contributed by atoms with E-state index in [-0.39, 0.29) is 28.7 Å². The van der Waals surface area contributed by atoms with Crippen LogP contribution in [0.5, 0.6) is 5.75 Å². The molecule has 0 saturated carbocycles. The Morgan fingerprint density at radius 2 is 2.04 bits per heavy atom. The summed E-state index contributed by atoms with van der Waals surface area (Å²) in [4.78, 5) is 11.5. The molecular formula is C17H25NO7S. The molecule has 2 N–H and O–H groups in total. The second-order valence-corrected chi connectivity index (χ2v) is 7.80. The van der Waals surface area contributed by atoms with Crippen molar-refractivity contribution in [3.8, 4) is 5.75 Å². The molecule has 1 aromatic rings. The normalized spacial score (nSPS) is 16.9. The molecule has 2 rings (SSSR count). The molecule has 0 radical (unpaired) electrons. The molecule has 0 bridgehead atoms. The van der Waals surface area contributed by atoms with Crippen LogP contribution in [-0.4, -0.2) is 59.6 Å². The summed E-state index contributed by atoms with van der Waals surface area (Å²) in [5, 5.41) is 10.2. The van der Waals surface area contributed by atoms with Gasteiger partial charge in [0.05, 0.1) is 25.9 Å². The maximum Gasteiger partial charge on any atom is 0.337 e. The highest BCUT2D eigenvalue weighted by Gasteiger charge is 2.24. The summed E-state index contributed by atoms with van der Waals surface area (Å²) in [5.74, 6) is -0.403. The van der Waals surface area contributed by atoms with Gasteiger partial charge in [-0.2, -0.15) is 0 Å². The number of ether oxygens (including phenoxy) is 3. The number of carbonyl (C=O) groups excluding carboxylic acids is 1. The molecule has 1 fully saturated rings. The highest BCUT2D eigenvalue weighted by molar-refractivity contribution is 7.89. The molecule has 26 heavy (non-hydrogen) atoms. The SMILES string of the molecule is COC(=O)c1ccc(OC)c(S(=O)(=O)NCC[C@H](O)C2CCOCC2)c1.